The Labute approximate surface area is 90.3 Å². The quantitative estimate of drug-likeness (QED) is 0.814. The Balaban J connectivity index is 2.02. The second kappa shape index (κ2) is 4.27. The molecule has 15 heavy (non-hydrogen) atoms. The van der Waals surface area contributed by atoms with Crippen LogP contribution in [0.3, 0.4) is 0 Å². The fraction of sp³-hybridized carbons (Fsp3) is 0.100. The number of nitrogens with two attached hydrogens (primary N) is 1. The maximum absolute atomic E-state index is 13.0. The molecule has 0 bridgehead atoms. The number of benzene rings is 1. The van der Waals surface area contributed by atoms with Gasteiger partial charge in [-0.05, 0) is 12.1 Å². The van der Waals surface area contributed by atoms with Gasteiger partial charge in [0, 0.05) is 17.6 Å². The average Bonchev–Trinajstić information content (AvgIpc) is 2.73. The zero-order valence-corrected chi connectivity index (χ0v) is 8.63. The van der Waals surface area contributed by atoms with Gasteiger partial charge in [0.25, 0.3) is 0 Å². The van der Waals surface area contributed by atoms with Crippen molar-refractivity contribution in [3.63, 3.8) is 0 Å². The van der Waals surface area contributed by atoms with E-state index in [1.54, 1.807) is 12.3 Å². The van der Waals surface area contributed by atoms with Crippen LogP contribution in [-0.2, 0) is 6.61 Å². The van der Waals surface area contributed by atoms with Crippen LogP contribution in [-0.4, -0.2) is 4.98 Å². The first-order valence-corrected chi connectivity index (χ1v) is 5.20. The summed E-state index contributed by atoms with van der Waals surface area (Å²) in [5.41, 5.74) is 5.46. The van der Waals surface area contributed by atoms with Gasteiger partial charge >= 0.3 is 0 Å². The van der Waals surface area contributed by atoms with Crippen LogP contribution in [0.25, 0.3) is 0 Å². The third kappa shape index (κ3) is 2.44. The summed E-state index contributed by atoms with van der Waals surface area (Å²) < 4.78 is 18.4. The molecule has 0 saturated carbocycles. The topological polar surface area (TPSA) is 48.1 Å². The Morgan fingerprint density at radius 3 is 3.00 bits per heavy atom. The van der Waals surface area contributed by atoms with Crippen LogP contribution in [0.2, 0.25) is 0 Å². The van der Waals surface area contributed by atoms with E-state index in [9.17, 15) is 4.39 Å². The summed E-state index contributed by atoms with van der Waals surface area (Å²) in [7, 11) is 0. The molecular formula is C10H9FN2OS. The van der Waals surface area contributed by atoms with E-state index in [0.29, 0.717) is 12.4 Å². The molecule has 3 nitrogen and oxygen atoms in total. The lowest BCUT2D eigenvalue weighted by Crippen LogP contribution is -1.96. The number of rotatable bonds is 3. The Bertz CT molecular complexity index is 445. The maximum Gasteiger partial charge on any atom is 0.149 e. The van der Waals surface area contributed by atoms with E-state index in [1.165, 1.54) is 23.5 Å². The molecule has 0 atom stereocenters. The summed E-state index contributed by atoms with van der Waals surface area (Å²) in [5.74, 6) is -0.0106. The molecule has 5 heteroatoms. The number of nitrogen functional groups attached to an aromatic ring is 1. The highest BCUT2D eigenvalue weighted by Crippen LogP contribution is 2.19. The molecule has 2 aromatic rings. The van der Waals surface area contributed by atoms with Crippen LogP contribution in [0, 0.1) is 5.82 Å². The molecule has 1 aromatic heterocycles. The fourth-order valence-corrected chi connectivity index (χ4v) is 1.59. The van der Waals surface area contributed by atoms with Crippen LogP contribution in [0.4, 0.5) is 10.1 Å². The van der Waals surface area contributed by atoms with Crippen molar-refractivity contribution in [2.75, 3.05) is 5.73 Å². The summed E-state index contributed by atoms with van der Waals surface area (Å²) in [6, 6.07) is 4.38. The van der Waals surface area contributed by atoms with E-state index in [2.05, 4.69) is 4.98 Å². The fourth-order valence-electron chi connectivity index (χ4n) is 1.07. The summed E-state index contributed by atoms with van der Waals surface area (Å²) in [5, 5.41) is 2.72. The molecule has 0 unspecified atom stereocenters. The first-order valence-electron chi connectivity index (χ1n) is 4.32. The molecule has 0 amide bonds. The van der Waals surface area contributed by atoms with Crippen LogP contribution < -0.4 is 10.5 Å². The molecule has 0 aliphatic heterocycles. The van der Waals surface area contributed by atoms with E-state index >= 15 is 0 Å². The van der Waals surface area contributed by atoms with Gasteiger partial charge in [-0.1, -0.05) is 0 Å². The second-order valence-electron chi connectivity index (χ2n) is 2.90. The Hall–Kier alpha value is -1.62. The first-order chi connectivity index (χ1) is 7.25. The van der Waals surface area contributed by atoms with Crippen molar-refractivity contribution in [1.29, 1.82) is 0 Å². The lowest BCUT2D eigenvalue weighted by atomic mass is 10.3. The van der Waals surface area contributed by atoms with Gasteiger partial charge in [0.2, 0.25) is 0 Å². The molecule has 0 saturated heterocycles. The molecule has 2 rings (SSSR count). The third-order valence-electron chi connectivity index (χ3n) is 1.82. The molecule has 2 N–H and O–H groups in total. The van der Waals surface area contributed by atoms with Crippen LogP contribution in [0.1, 0.15) is 5.01 Å². The molecule has 0 fully saturated rings. The van der Waals surface area contributed by atoms with E-state index in [1.807, 2.05) is 5.38 Å². The third-order valence-corrected chi connectivity index (χ3v) is 2.57. The number of anilines is 1. The van der Waals surface area contributed by atoms with E-state index in [-0.39, 0.29) is 5.69 Å². The van der Waals surface area contributed by atoms with Crippen molar-refractivity contribution in [3.8, 4) is 5.75 Å². The molecule has 78 valence electrons. The summed E-state index contributed by atoms with van der Waals surface area (Å²) in [4.78, 5) is 4.05. The summed E-state index contributed by atoms with van der Waals surface area (Å²) in [6.45, 7) is 0.348. The van der Waals surface area contributed by atoms with E-state index < -0.39 is 5.82 Å². The van der Waals surface area contributed by atoms with Crippen molar-refractivity contribution in [2.45, 2.75) is 6.61 Å². The predicted molar refractivity (Wildman–Crippen MR) is 57.3 cm³/mol. The minimum Gasteiger partial charge on any atom is -0.486 e. The van der Waals surface area contributed by atoms with Gasteiger partial charge in [0.1, 0.15) is 23.2 Å². The molecule has 1 heterocycles. The van der Waals surface area contributed by atoms with Gasteiger partial charge < -0.3 is 10.5 Å². The van der Waals surface area contributed by atoms with Crippen molar-refractivity contribution in [3.05, 3.63) is 40.6 Å². The molecule has 0 radical (unpaired) electrons. The smallest absolute Gasteiger partial charge is 0.149 e. The van der Waals surface area contributed by atoms with Crippen LogP contribution in [0.5, 0.6) is 5.75 Å². The standard InChI is InChI=1S/C10H9FN2OS/c11-8-5-7(1-2-9(8)12)14-6-10-13-3-4-15-10/h1-5H,6,12H2. The number of hydrogen-bond acceptors (Lipinski definition) is 4. The van der Waals surface area contributed by atoms with E-state index in [4.69, 9.17) is 10.5 Å². The highest BCUT2D eigenvalue weighted by atomic mass is 32.1. The minimum absolute atomic E-state index is 0.122. The Morgan fingerprint density at radius 2 is 2.33 bits per heavy atom. The highest BCUT2D eigenvalue weighted by Gasteiger charge is 2.02. The Morgan fingerprint density at radius 1 is 1.47 bits per heavy atom. The lowest BCUT2D eigenvalue weighted by Gasteiger charge is -2.04. The van der Waals surface area contributed by atoms with Gasteiger partial charge in [-0.25, -0.2) is 9.37 Å². The van der Waals surface area contributed by atoms with Gasteiger partial charge in [0.05, 0.1) is 5.69 Å². The number of nitrogens with zero attached hydrogens (tertiary/aromatic N) is 1. The Kier molecular flexibility index (Phi) is 2.82. The lowest BCUT2D eigenvalue weighted by molar-refractivity contribution is 0.304. The van der Waals surface area contributed by atoms with E-state index in [0.717, 1.165) is 5.01 Å². The van der Waals surface area contributed by atoms with Crippen molar-refractivity contribution >= 4 is 17.0 Å². The second-order valence-corrected chi connectivity index (χ2v) is 3.88. The first kappa shape index (κ1) is 9.92. The number of thiazole rings is 1. The highest BCUT2D eigenvalue weighted by molar-refractivity contribution is 7.09. The average molecular weight is 224 g/mol. The minimum atomic E-state index is -0.466. The largest absolute Gasteiger partial charge is 0.486 e. The van der Waals surface area contributed by atoms with Gasteiger partial charge in [-0.3, -0.25) is 0 Å². The molecular weight excluding hydrogens is 215 g/mol. The number of aromatic nitrogens is 1. The predicted octanol–water partition coefficient (Wildman–Crippen LogP) is 2.44. The molecule has 1 aromatic carbocycles. The molecule has 0 spiro atoms. The summed E-state index contributed by atoms with van der Waals surface area (Å²) >= 11 is 1.49. The number of hydrogen-bond donors (Lipinski definition) is 1. The zero-order chi connectivity index (χ0) is 10.7. The van der Waals surface area contributed by atoms with Gasteiger partial charge in [-0.2, -0.15) is 0 Å². The molecule has 0 aliphatic rings. The zero-order valence-electron chi connectivity index (χ0n) is 7.81. The summed E-state index contributed by atoms with van der Waals surface area (Å²) in [6.07, 6.45) is 1.70. The number of ether oxygens (including phenoxy) is 1. The number of halogens is 1. The molecule has 0 aliphatic carbocycles. The SMILES string of the molecule is Nc1ccc(OCc2nccs2)cc1F. The van der Waals surface area contributed by atoms with Crippen LogP contribution in [0.15, 0.2) is 29.8 Å². The monoisotopic (exact) mass is 224 g/mol. The van der Waals surface area contributed by atoms with Gasteiger partial charge in [-0.15, -0.1) is 11.3 Å². The normalized spacial score (nSPS) is 10.2. The van der Waals surface area contributed by atoms with Crippen molar-refractivity contribution < 1.29 is 9.13 Å². The van der Waals surface area contributed by atoms with Crippen LogP contribution >= 0.6 is 11.3 Å². The van der Waals surface area contributed by atoms with Crippen molar-refractivity contribution in [1.82, 2.24) is 4.98 Å². The maximum atomic E-state index is 13.0. The van der Waals surface area contributed by atoms with Gasteiger partial charge in [0.15, 0.2) is 0 Å². The van der Waals surface area contributed by atoms with Crippen molar-refractivity contribution in [2.24, 2.45) is 0 Å².